The highest BCUT2D eigenvalue weighted by Gasteiger charge is 2.42. The third kappa shape index (κ3) is 3.73. The number of hydrogen-bond acceptors (Lipinski definition) is 3. The first kappa shape index (κ1) is 13.4. The van der Waals surface area contributed by atoms with E-state index in [0.29, 0.717) is 12.8 Å². The second-order valence-electron chi connectivity index (χ2n) is 4.58. The molecular formula is C9H18N2O4S. The van der Waals surface area contributed by atoms with Crippen LogP contribution in [0.3, 0.4) is 0 Å². The van der Waals surface area contributed by atoms with Gasteiger partial charge in [-0.25, -0.2) is 0 Å². The summed E-state index contributed by atoms with van der Waals surface area (Å²) in [5, 5.41) is 8.74. The largest absolute Gasteiger partial charge is 0.481 e. The average molecular weight is 250 g/mol. The number of nitrogens with one attached hydrogen (secondary N) is 2. The van der Waals surface area contributed by atoms with Crippen molar-refractivity contribution in [3.05, 3.63) is 0 Å². The summed E-state index contributed by atoms with van der Waals surface area (Å²) in [4.78, 5) is 10.7. The van der Waals surface area contributed by atoms with Gasteiger partial charge in [0.1, 0.15) is 0 Å². The highest BCUT2D eigenvalue weighted by atomic mass is 32.2. The normalized spacial score (nSPS) is 19.4. The lowest BCUT2D eigenvalue weighted by Gasteiger charge is -2.41. The van der Waals surface area contributed by atoms with Crippen LogP contribution in [-0.4, -0.2) is 31.1 Å². The van der Waals surface area contributed by atoms with Crippen molar-refractivity contribution in [2.75, 3.05) is 0 Å². The molecule has 3 N–H and O–H groups in total. The van der Waals surface area contributed by atoms with Gasteiger partial charge in [0, 0.05) is 11.6 Å². The summed E-state index contributed by atoms with van der Waals surface area (Å²) in [6.45, 7) is 3.42. The Morgan fingerprint density at radius 1 is 1.44 bits per heavy atom. The summed E-state index contributed by atoms with van der Waals surface area (Å²) >= 11 is 0. The molecular weight excluding hydrogens is 232 g/mol. The average Bonchev–Trinajstić information content (AvgIpc) is 1.95. The number of hydrogen-bond donors (Lipinski definition) is 3. The van der Waals surface area contributed by atoms with Gasteiger partial charge in [-0.2, -0.15) is 17.9 Å². The minimum Gasteiger partial charge on any atom is -0.481 e. The standard InChI is InChI=1S/C9H18N2O4S/c1-7(2)10-16(14,15)11-9(4-3-5-9)6-8(12)13/h7,10-11H,3-6H2,1-2H3,(H,12,13). The van der Waals surface area contributed by atoms with Crippen LogP contribution in [-0.2, 0) is 15.0 Å². The number of rotatable bonds is 6. The molecule has 1 aliphatic carbocycles. The minimum absolute atomic E-state index is 0.161. The van der Waals surface area contributed by atoms with Gasteiger partial charge in [-0.05, 0) is 33.1 Å². The maximum absolute atomic E-state index is 11.6. The van der Waals surface area contributed by atoms with Crippen molar-refractivity contribution < 1.29 is 18.3 Å². The molecule has 0 heterocycles. The molecule has 1 fully saturated rings. The van der Waals surface area contributed by atoms with E-state index >= 15 is 0 Å². The zero-order valence-corrected chi connectivity index (χ0v) is 10.3. The van der Waals surface area contributed by atoms with Gasteiger partial charge in [-0.1, -0.05) is 0 Å². The molecule has 7 heteroatoms. The van der Waals surface area contributed by atoms with Gasteiger partial charge >= 0.3 is 5.97 Å². The van der Waals surface area contributed by atoms with Crippen LogP contribution in [0, 0.1) is 0 Å². The van der Waals surface area contributed by atoms with E-state index in [-0.39, 0.29) is 12.5 Å². The van der Waals surface area contributed by atoms with Crippen molar-refractivity contribution in [3.63, 3.8) is 0 Å². The van der Waals surface area contributed by atoms with Crippen molar-refractivity contribution in [2.24, 2.45) is 0 Å². The maximum Gasteiger partial charge on any atom is 0.305 e. The van der Waals surface area contributed by atoms with Gasteiger partial charge in [0.05, 0.1) is 6.42 Å². The van der Waals surface area contributed by atoms with Crippen LogP contribution in [0.15, 0.2) is 0 Å². The molecule has 0 aromatic heterocycles. The third-order valence-corrected chi connectivity index (χ3v) is 4.03. The summed E-state index contributed by atoms with van der Waals surface area (Å²) in [5.74, 6) is -0.980. The molecule has 1 aliphatic rings. The fourth-order valence-electron chi connectivity index (χ4n) is 1.83. The number of carboxylic acid groups (broad SMARTS) is 1. The highest BCUT2D eigenvalue weighted by molar-refractivity contribution is 7.87. The van der Waals surface area contributed by atoms with Crippen molar-refractivity contribution in [1.82, 2.24) is 9.44 Å². The monoisotopic (exact) mass is 250 g/mol. The first-order valence-corrected chi connectivity index (χ1v) is 6.76. The Morgan fingerprint density at radius 3 is 2.31 bits per heavy atom. The summed E-state index contributed by atoms with van der Waals surface area (Å²) in [5.41, 5.74) is -0.785. The van der Waals surface area contributed by atoms with Crippen LogP contribution in [0.5, 0.6) is 0 Å². The molecule has 16 heavy (non-hydrogen) atoms. The zero-order valence-electron chi connectivity index (χ0n) is 9.49. The molecule has 0 bridgehead atoms. The highest BCUT2D eigenvalue weighted by Crippen LogP contribution is 2.35. The molecule has 94 valence electrons. The Balaban J connectivity index is 2.66. The molecule has 0 aromatic rings. The zero-order chi connectivity index (χ0) is 12.4. The molecule has 0 spiro atoms. The number of carbonyl (C=O) groups is 1. The molecule has 0 aromatic carbocycles. The maximum atomic E-state index is 11.6. The predicted octanol–water partition coefficient (Wildman–Crippen LogP) is 0.216. The van der Waals surface area contributed by atoms with Gasteiger partial charge < -0.3 is 5.11 Å². The van der Waals surface area contributed by atoms with E-state index in [2.05, 4.69) is 9.44 Å². The van der Waals surface area contributed by atoms with Gasteiger partial charge in [0.25, 0.3) is 10.2 Å². The molecule has 6 nitrogen and oxygen atoms in total. The Kier molecular flexibility index (Phi) is 3.92. The van der Waals surface area contributed by atoms with Crippen molar-refractivity contribution in [3.8, 4) is 0 Å². The van der Waals surface area contributed by atoms with E-state index in [0.717, 1.165) is 6.42 Å². The second-order valence-corrected chi connectivity index (χ2v) is 6.03. The van der Waals surface area contributed by atoms with Crippen LogP contribution in [0.2, 0.25) is 0 Å². The minimum atomic E-state index is -3.61. The quantitative estimate of drug-likeness (QED) is 0.628. The fraction of sp³-hybridized carbons (Fsp3) is 0.889. The predicted molar refractivity (Wildman–Crippen MR) is 59.2 cm³/mol. The summed E-state index contributed by atoms with van der Waals surface area (Å²) in [7, 11) is -3.61. The number of aliphatic carboxylic acids is 1. The number of carboxylic acids is 1. The second kappa shape index (κ2) is 4.68. The van der Waals surface area contributed by atoms with E-state index in [9.17, 15) is 13.2 Å². The van der Waals surface area contributed by atoms with Crippen LogP contribution >= 0.6 is 0 Å². The van der Waals surface area contributed by atoms with Crippen LogP contribution < -0.4 is 9.44 Å². The van der Waals surface area contributed by atoms with Gasteiger partial charge in [0.2, 0.25) is 0 Å². The lowest BCUT2D eigenvalue weighted by atomic mass is 9.75. The Bertz CT molecular complexity index is 360. The van der Waals surface area contributed by atoms with Crippen LogP contribution in [0.1, 0.15) is 39.5 Å². The van der Waals surface area contributed by atoms with Gasteiger partial charge in [-0.3, -0.25) is 4.79 Å². The summed E-state index contributed by atoms with van der Waals surface area (Å²) in [6.07, 6.45) is 1.86. The Hall–Kier alpha value is -0.660. The van der Waals surface area contributed by atoms with E-state index < -0.39 is 21.7 Å². The fourth-order valence-corrected chi connectivity index (χ4v) is 3.36. The van der Waals surface area contributed by atoms with Crippen molar-refractivity contribution in [1.29, 1.82) is 0 Å². The van der Waals surface area contributed by atoms with Crippen molar-refractivity contribution >= 4 is 16.2 Å². The molecule has 0 saturated heterocycles. The smallest absolute Gasteiger partial charge is 0.305 e. The topological polar surface area (TPSA) is 95.5 Å². The van der Waals surface area contributed by atoms with Crippen LogP contribution in [0.4, 0.5) is 0 Å². The molecule has 0 aliphatic heterocycles. The van der Waals surface area contributed by atoms with Gasteiger partial charge in [0.15, 0.2) is 0 Å². The molecule has 0 amide bonds. The molecule has 0 radical (unpaired) electrons. The van der Waals surface area contributed by atoms with Crippen LogP contribution in [0.25, 0.3) is 0 Å². The molecule has 0 unspecified atom stereocenters. The lowest BCUT2D eigenvalue weighted by molar-refractivity contribution is -0.139. The summed E-state index contributed by atoms with van der Waals surface area (Å²) < 4.78 is 28.1. The first-order valence-electron chi connectivity index (χ1n) is 5.28. The lowest BCUT2D eigenvalue weighted by Crippen LogP contribution is -2.58. The van der Waals surface area contributed by atoms with E-state index in [1.54, 1.807) is 13.8 Å². The Labute approximate surface area is 95.6 Å². The van der Waals surface area contributed by atoms with E-state index in [1.165, 1.54) is 0 Å². The molecule has 1 rings (SSSR count). The third-order valence-electron chi connectivity index (χ3n) is 2.54. The molecule has 1 saturated carbocycles. The molecule has 0 atom stereocenters. The van der Waals surface area contributed by atoms with Gasteiger partial charge in [-0.15, -0.1) is 0 Å². The SMILES string of the molecule is CC(C)NS(=O)(=O)NC1(CC(=O)O)CCC1. The Morgan fingerprint density at radius 2 is 2.00 bits per heavy atom. The first-order chi connectivity index (χ1) is 7.25. The van der Waals surface area contributed by atoms with E-state index in [1.807, 2.05) is 0 Å². The summed E-state index contributed by atoms with van der Waals surface area (Å²) in [6, 6.07) is -0.209. The van der Waals surface area contributed by atoms with Crippen molar-refractivity contribution in [2.45, 2.75) is 51.1 Å². The van der Waals surface area contributed by atoms with E-state index in [4.69, 9.17) is 5.11 Å².